The fraction of sp³-hybridized carbons (Fsp3) is 0.150. The van der Waals surface area contributed by atoms with Gasteiger partial charge in [0.1, 0.15) is 18.1 Å². The molecule has 1 amide bonds. The van der Waals surface area contributed by atoms with Crippen LogP contribution in [-0.4, -0.2) is 28.1 Å². The zero-order valence-electron chi connectivity index (χ0n) is 15.4. The molecule has 0 bridgehead atoms. The first-order valence-electron chi connectivity index (χ1n) is 8.75. The largest absolute Gasteiger partial charge is 0.492 e. The molecule has 0 aliphatic rings. The molecule has 2 aromatic carbocycles. The topological polar surface area (TPSA) is 73.2 Å². The maximum absolute atomic E-state index is 12.8. The van der Waals surface area contributed by atoms with E-state index in [4.69, 9.17) is 16.3 Å². The Morgan fingerprint density at radius 1 is 1.13 bits per heavy atom. The molecule has 0 atom stereocenters. The molecule has 0 fully saturated rings. The van der Waals surface area contributed by atoms with Crippen molar-refractivity contribution in [2.45, 2.75) is 17.2 Å². The highest BCUT2D eigenvalue weighted by molar-refractivity contribution is 7.99. The summed E-state index contributed by atoms with van der Waals surface area (Å²) in [6, 6.07) is 16.0. The van der Waals surface area contributed by atoms with Crippen LogP contribution in [0.15, 0.2) is 70.4 Å². The predicted octanol–water partition coefficient (Wildman–Crippen LogP) is 4.54. The quantitative estimate of drug-likeness (QED) is 0.509. The number of hydrogen-bond acceptors (Lipinski definition) is 5. The highest BCUT2D eigenvalue weighted by Crippen LogP contribution is 2.37. The van der Waals surface area contributed by atoms with Crippen LogP contribution in [0.5, 0.6) is 5.75 Å². The third-order valence-electron chi connectivity index (χ3n) is 3.84. The van der Waals surface area contributed by atoms with Gasteiger partial charge in [-0.05, 0) is 30.3 Å². The van der Waals surface area contributed by atoms with Crippen molar-refractivity contribution >= 4 is 35.0 Å². The van der Waals surface area contributed by atoms with Crippen molar-refractivity contribution in [3.8, 4) is 5.75 Å². The number of para-hydroxylation sites is 1. The summed E-state index contributed by atoms with van der Waals surface area (Å²) in [6.07, 6.45) is 0. The monoisotopic (exact) mass is 451 g/mol. The van der Waals surface area contributed by atoms with Crippen LogP contribution in [-0.2, 0) is 6.54 Å². The summed E-state index contributed by atoms with van der Waals surface area (Å²) in [6.45, 7) is 0.296. The molecule has 0 saturated carbocycles. The molecular formula is C20H16ClF2N3O3S. The van der Waals surface area contributed by atoms with Gasteiger partial charge < -0.3 is 10.1 Å². The van der Waals surface area contributed by atoms with Gasteiger partial charge in [0, 0.05) is 6.07 Å². The van der Waals surface area contributed by atoms with Crippen LogP contribution in [0.1, 0.15) is 10.5 Å². The fourth-order valence-corrected chi connectivity index (χ4v) is 3.41. The molecular weight excluding hydrogens is 436 g/mol. The lowest BCUT2D eigenvalue weighted by Crippen LogP contribution is -2.28. The number of carbonyl (C=O) groups is 1. The molecule has 3 rings (SSSR count). The molecule has 10 heteroatoms. The van der Waals surface area contributed by atoms with Gasteiger partial charge >= 0.3 is 0 Å². The zero-order valence-corrected chi connectivity index (χ0v) is 17.0. The number of benzene rings is 2. The van der Waals surface area contributed by atoms with Crippen molar-refractivity contribution < 1.29 is 18.3 Å². The van der Waals surface area contributed by atoms with Crippen LogP contribution in [0.2, 0.25) is 5.02 Å². The molecule has 30 heavy (non-hydrogen) atoms. The molecule has 0 spiro atoms. The van der Waals surface area contributed by atoms with Gasteiger partial charge in [0.05, 0.1) is 22.2 Å². The van der Waals surface area contributed by atoms with Crippen molar-refractivity contribution in [1.82, 2.24) is 9.78 Å². The lowest BCUT2D eigenvalue weighted by atomic mass is 10.3. The van der Waals surface area contributed by atoms with Gasteiger partial charge in [-0.2, -0.15) is 13.9 Å². The minimum absolute atomic E-state index is 0.0482. The molecule has 3 aromatic rings. The normalized spacial score (nSPS) is 10.8. The summed E-state index contributed by atoms with van der Waals surface area (Å²) in [5.41, 5.74) is -0.327. The number of hydrogen-bond donors (Lipinski definition) is 1. The van der Waals surface area contributed by atoms with Crippen molar-refractivity contribution in [2.75, 3.05) is 11.9 Å². The summed E-state index contributed by atoms with van der Waals surface area (Å²) < 4.78 is 32.3. The highest BCUT2D eigenvalue weighted by Gasteiger charge is 2.17. The maximum atomic E-state index is 12.8. The molecule has 1 heterocycles. The number of halogens is 3. The van der Waals surface area contributed by atoms with Gasteiger partial charge in [-0.3, -0.25) is 9.59 Å². The van der Waals surface area contributed by atoms with E-state index in [2.05, 4.69) is 10.4 Å². The van der Waals surface area contributed by atoms with Crippen molar-refractivity contribution in [3.63, 3.8) is 0 Å². The fourth-order valence-electron chi connectivity index (χ4n) is 2.50. The van der Waals surface area contributed by atoms with E-state index in [9.17, 15) is 18.4 Å². The molecule has 156 valence electrons. The number of carbonyl (C=O) groups excluding carboxylic acids is 1. The number of alkyl halides is 2. The van der Waals surface area contributed by atoms with Gasteiger partial charge in [0.2, 0.25) is 0 Å². The Balaban J connectivity index is 1.72. The Kier molecular flexibility index (Phi) is 7.42. The van der Waals surface area contributed by atoms with Crippen LogP contribution < -0.4 is 15.6 Å². The molecule has 0 unspecified atom stereocenters. The van der Waals surface area contributed by atoms with E-state index in [1.165, 1.54) is 30.3 Å². The van der Waals surface area contributed by atoms with Crippen molar-refractivity contribution in [3.05, 3.63) is 81.7 Å². The van der Waals surface area contributed by atoms with Crippen LogP contribution in [0.4, 0.5) is 14.5 Å². The van der Waals surface area contributed by atoms with Crippen molar-refractivity contribution in [2.24, 2.45) is 0 Å². The average Bonchev–Trinajstić information content (AvgIpc) is 2.72. The number of nitrogens with zero attached hydrogens (tertiary/aromatic N) is 2. The molecule has 0 saturated heterocycles. The summed E-state index contributed by atoms with van der Waals surface area (Å²) in [4.78, 5) is 24.6. The van der Waals surface area contributed by atoms with Crippen LogP contribution in [0.3, 0.4) is 0 Å². The van der Waals surface area contributed by atoms with E-state index >= 15 is 0 Å². The lowest BCUT2D eigenvalue weighted by molar-refractivity contribution is 0.101. The van der Waals surface area contributed by atoms with E-state index < -0.39 is 17.2 Å². The number of rotatable bonds is 8. The standard InChI is InChI=1S/C20H16ClF2N3O3S/c21-14-7-4-8-15(18(14)30-20(22)23)24-19(28)16-9-10-17(27)26(25-16)11-12-29-13-5-2-1-3-6-13/h1-10,20H,11-12H2,(H,24,28). The molecule has 0 aliphatic heterocycles. The minimum atomic E-state index is -2.70. The first-order chi connectivity index (χ1) is 14.4. The van der Waals surface area contributed by atoms with E-state index in [1.54, 1.807) is 12.1 Å². The Morgan fingerprint density at radius 2 is 1.90 bits per heavy atom. The summed E-state index contributed by atoms with van der Waals surface area (Å²) >= 11 is 6.21. The molecule has 0 aliphatic carbocycles. The van der Waals surface area contributed by atoms with Crippen LogP contribution in [0, 0.1) is 0 Å². The van der Waals surface area contributed by atoms with E-state index in [0.717, 1.165) is 4.68 Å². The Morgan fingerprint density at radius 3 is 2.63 bits per heavy atom. The molecule has 6 nitrogen and oxygen atoms in total. The number of nitrogens with one attached hydrogen (secondary N) is 1. The molecule has 1 aromatic heterocycles. The number of thioether (sulfide) groups is 1. The van der Waals surface area contributed by atoms with Gasteiger partial charge in [-0.1, -0.05) is 47.6 Å². The Hall–Kier alpha value is -2.91. The van der Waals surface area contributed by atoms with Crippen molar-refractivity contribution in [1.29, 1.82) is 0 Å². The van der Waals surface area contributed by atoms with Gasteiger partial charge in [-0.15, -0.1) is 0 Å². The summed E-state index contributed by atoms with van der Waals surface area (Å²) in [7, 11) is 0. The highest BCUT2D eigenvalue weighted by atomic mass is 35.5. The zero-order chi connectivity index (χ0) is 21.5. The summed E-state index contributed by atoms with van der Waals surface area (Å²) in [5, 5.41) is 6.64. The predicted molar refractivity (Wildman–Crippen MR) is 112 cm³/mol. The second-order valence-electron chi connectivity index (χ2n) is 5.89. The van der Waals surface area contributed by atoms with E-state index in [0.29, 0.717) is 5.75 Å². The van der Waals surface area contributed by atoms with Gasteiger partial charge in [0.15, 0.2) is 0 Å². The maximum Gasteiger partial charge on any atom is 0.289 e. The SMILES string of the molecule is O=C(Nc1cccc(Cl)c1SC(F)F)c1ccc(=O)n(CCOc2ccccc2)n1. The number of aromatic nitrogens is 2. The summed E-state index contributed by atoms with van der Waals surface area (Å²) in [5.74, 6) is -2.72. The third kappa shape index (κ3) is 5.80. The Labute approximate surface area is 179 Å². The number of anilines is 1. The van der Waals surface area contributed by atoms with Gasteiger partial charge in [-0.25, -0.2) is 4.68 Å². The molecule has 1 N–H and O–H groups in total. The second-order valence-corrected chi connectivity index (χ2v) is 7.30. The number of amides is 1. The van der Waals surface area contributed by atoms with Gasteiger partial charge in [0.25, 0.3) is 17.2 Å². The first kappa shape index (κ1) is 21.8. The third-order valence-corrected chi connectivity index (χ3v) is 5.12. The second kappa shape index (κ2) is 10.2. The van der Waals surface area contributed by atoms with E-state index in [1.807, 2.05) is 18.2 Å². The smallest absolute Gasteiger partial charge is 0.289 e. The average molecular weight is 452 g/mol. The lowest BCUT2D eigenvalue weighted by Gasteiger charge is -2.12. The first-order valence-corrected chi connectivity index (χ1v) is 10.0. The van der Waals surface area contributed by atoms with Crippen LogP contribution >= 0.6 is 23.4 Å². The van der Waals surface area contributed by atoms with E-state index in [-0.39, 0.29) is 46.2 Å². The van der Waals surface area contributed by atoms with Crippen LogP contribution in [0.25, 0.3) is 0 Å². The molecule has 0 radical (unpaired) electrons. The Bertz CT molecular complexity index is 1080. The number of ether oxygens (including phenoxy) is 1. The minimum Gasteiger partial charge on any atom is -0.492 e.